The largest absolute Gasteiger partial charge is 0.379 e. The quantitative estimate of drug-likeness (QED) is 0.417. The number of hydrazone groups is 1. The van der Waals surface area contributed by atoms with Crippen LogP contribution in [-0.2, 0) is 0 Å². The zero-order valence-electron chi connectivity index (χ0n) is 12.0. The molecule has 1 aliphatic rings. The number of hydrogen-bond acceptors (Lipinski definition) is 7. The molecule has 9 heteroatoms. The molecule has 1 aliphatic heterocycles. The molecule has 1 aromatic rings. The first kappa shape index (κ1) is 16.2. The fraction of sp³-hybridized carbons (Fsp3) is 0.385. The molecule has 0 radical (unpaired) electrons. The second-order valence-electron chi connectivity index (χ2n) is 4.71. The maximum atomic E-state index is 11.2. The van der Waals surface area contributed by atoms with E-state index in [0.717, 1.165) is 18.2 Å². The number of thioether (sulfide) groups is 1. The summed E-state index contributed by atoms with van der Waals surface area (Å²) in [6.45, 7) is 2.92. The number of nitrogens with zero attached hydrogens (tertiary/aromatic N) is 2. The number of nitro groups is 1. The van der Waals surface area contributed by atoms with Crippen molar-refractivity contribution in [1.82, 2.24) is 5.43 Å². The van der Waals surface area contributed by atoms with Gasteiger partial charge in [0.05, 0.1) is 15.9 Å². The topological polar surface area (TPSA) is 123 Å². The summed E-state index contributed by atoms with van der Waals surface area (Å²) in [5.74, 6) is 0. The van der Waals surface area contributed by atoms with Crippen molar-refractivity contribution in [3.05, 3.63) is 33.9 Å². The van der Waals surface area contributed by atoms with Crippen LogP contribution < -0.4 is 16.5 Å². The number of nitro benzene ring substituents is 1. The van der Waals surface area contributed by atoms with Gasteiger partial charge in [0.2, 0.25) is 0 Å². The van der Waals surface area contributed by atoms with Gasteiger partial charge in [0, 0.05) is 18.2 Å². The molecule has 0 aromatic heterocycles. The van der Waals surface area contributed by atoms with Crippen molar-refractivity contribution in [2.75, 3.05) is 18.4 Å². The molecule has 1 aromatic carbocycles. The van der Waals surface area contributed by atoms with Crippen molar-refractivity contribution in [2.45, 2.75) is 18.6 Å². The first-order chi connectivity index (χ1) is 10.5. The van der Waals surface area contributed by atoms with E-state index in [2.05, 4.69) is 15.8 Å². The zero-order valence-corrected chi connectivity index (χ0v) is 12.9. The Hall–Kier alpha value is -2.13. The number of anilines is 1. The Morgan fingerprint density at radius 3 is 2.95 bits per heavy atom. The number of rotatable bonds is 6. The first-order valence-electron chi connectivity index (χ1n) is 6.80. The van der Waals surface area contributed by atoms with E-state index in [1.807, 2.05) is 6.92 Å². The molecular formula is C13H17N5O3S. The van der Waals surface area contributed by atoms with E-state index >= 15 is 0 Å². The third-order valence-corrected chi connectivity index (χ3v) is 4.01. The minimum Gasteiger partial charge on any atom is -0.379 e. The van der Waals surface area contributed by atoms with E-state index in [0.29, 0.717) is 30.1 Å². The number of carbonyl (C=O) groups is 1. The van der Waals surface area contributed by atoms with Gasteiger partial charge in [-0.15, -0.1) is 0 Å². The molecule has 0 fully saturated rings. The minimum absolute atomic E-state index is 0.0219. The van der Waals surface area contributed by atoms with Crippen LogP contribution in [0.4, 0.5) is 16.2 Å². The predicted octanol–water partition coefficient (Wildman–Crippen LogP) is 1.90. The Balaban J connectivity index is 2.29. The smallest absolute Gasteiger partial charge is 0.299 e. The zero-order chi connectivity index (χ0) is 16.1. The summed E-state index contributed by atoms with van der Waals surface area (Å²) in [5.41, 5.74) is 9.45. The third-order valence-electron chi connectivity index (χ3n) is 3.12. The first-order valence-corrected chi connectivity index (χ1v) is 7.68. The van der Waals surface area contributed by atoms with Crippen LogP contribution >= 0.6 is 11.8 Å². The average Bonchev–Trinajstić information content (AvgIpc) is 2.48. The second-order valence-corrected chi connectivity index (χ2v) is 6.03. The van der Waals surface area contributed by atoms with Crippen molar-refractivity contribution in [1.29, 1.82) is 0 Å². The van der Waals surface area contributed by atoms with E-state index in [1.54, 1.807) is 12.1 Å². The molecule has 118 valence electrons. The van der Waals surface area contributed by atoms with Crippen molar-refractivity contribution >= 4 is 34.1 Å². The van der Waals surface area contributed by atoms with Crippen LogP contribution in [0.15, 0.2) is 23.3 Å². The summed E-state index contributed by atoms with van der Waals surface area (Å²) in [4.78, 5) is 22.1. The van der Waals surface area contributed by atoms with Crippen LogP contribution in [-0.4, -0.2) is 34.2 Å². The second kappa shape index (κ2) is 7.23. The van der Waals surface area contributed by atoms with Crippen molar-refractivity contribution in [3.8, 4) is 0 Å². The minimum atomic E-state index is -0.436. The Morgan fingerprint density at radius 1 is 1.55 bits per heavy atom. The van der Waals surface area contributed by atoms with Crippen molar-refractivity contribution in [3.63, 3.8) is 0 Å². The van der Waals surface area contributed by atoms with E-state index in [4.69, 9.17) is 5.73 Å². The Bertz CT molecular complexity index is 620. The van der Waals surface area contributed by atoms with Gasteiger partial charge in [0.15, 0.2) is 0 Å². The highest BCUT2D eigenvalue weighted by Gasteiger charge is 2.24. The summed E-state index contributed by atoms with van der Waals surface area (Å²) in [6.07, 6.45) is 0.727. The van der Waals surface area contributed by atoms with Gasteiger partial charge < -0.3 is 11.1 Å². The van der Waals surface area contributed by atoms with Crippen molar-refractivity contribution in [2.24, 2.45) is 10.8 Å². The Kier molecular flexibility index (Phi) is 5.34. The number of nitrogens with one attached hydrogen (secondary N) is 2. The van der Waals surface area contributed by atoms with Crippen molar-refractivity contribution < 1.29 is 9.72 Å². The standard InChI is InChI=1S/C13H17N5O3S/c1-8-12(16-17-13(19)22-8)9-3-4-10(15-6-2-5-14)11(7-9)18(20)21/h3-4,7-8,15H,2,5-6,14H2,1H3,(H,17,19). The Morgan fingerprint density at radius 2 is 2.32 bits per heavy atom. The highest BCUT2D eigenvalue weighted by Crippen LogP contribution is 2.28. The lowest BCUT2D eigenvalue weighted by atomic mass is 10.1. The lowest BCUT2D eigenvalue weighted by Crippen LogP contribution is -2.29. The lowest BCUT2D eigenvalue weighted by molar-refractivity contribution is -0.384. The molecule has 2 rings (SSSR count). The molecule has 1 heterocycles. The van der Waals surface area contributed by atoms with E-state index in [-0.39, 0.29) is 16.2 Å². The fourth-order valence-electron chi connectivity index (χ4n) is 2.06. The predicted molar refractivity (Wildman–Crippen MR) is 87.4 cm³/mol. The number of carbonyl (C=O) groups excluding carboxylic acids is 1. The molecule has 0 spiro atoms. The normalized spacial score (nSPS) is 17.6. The van der Waals surface area contributed by atoms with Crippen LogP contribution in [0.5, 0.6) is 0 Å². The van der Waals surface area contributed by atoms with Crippen LogP contribution in [0, 0.1) is 10.1 Å². The number of nitrogens with two attached hydrogens (primary N) is 1. The SMILES string of the molecule is CC1SC(=O)NN=C1c1ccc(NCCCN)c([N+](=O)[O-])c1. The van der Waals surface area contributed by atoms with Gasteiger partial charge in [0.1, 0.15) is 5.69 Å². The average molecular weight is 323 g/mol. The van der Waals surface area contributed by atoms with Crippen LogP contribution in [0.1, 0.15) is 18.9 Å². The summed E-state index contributed by atoms with van der Waals surface area (Å²) in [5, 5.41) is 17.9. The maximum absolute atomic E-state index is 11.2. The molecule has 8 nitrogen and oxygen atoms in total. The number of amides is 1. The van der Waals surface area contributed by atoms with E-state index in [9.17, 15) is 14.9 Å². The molecule has 4 N–H and O–H groups in total. The van der Waals surface area contributed by atoms with Gasteiger partial charge in [0.25, 0.3) is 10.9 Å². The van der Waals surface area contributed by atoms with Gasteiger partial charge in [-0.05, 0) is 26.0 Å². The Labute approximate surface area is 131 Å². The molecule has 0 saturated heterocycles. The van der Waals surface area contributed by atoms with Crippen LogP contribution in [0.25, 0.3) is 0 Å². The van der Waals surface area contributed by atoms with Gasteiger partial charge in [-0.2, -0.15) is 5.10 Å². The molecule has 0 bridgehead atoms. The van der Waals surface area contributed by atoms with E-state index < -0.39 is 4.92 Å². The number of benzene rings is 1. The summed E-state index contributed by atoms with van der Waals surface area (Å²) < 4.78 is 0. The molecule has 1 amide bonds. The fourth-order valence-corrected chi connectivity index (χ4v) is 2.78. The van der Waals surface area contributed by atoms with Crippen LogP contribution in [0.2, 0.25) is 0 Å². The maximum Gasteiger partial charge on any atom is 0.299 e. The highest BCUT2D eigenvalue weighted by molar-refractivity contribution is 8.14. The molecule has 22 heavy (non-hydrogen) atoms. The van der Waals surface area contributed by atoms with E-state index in [1.165, 1.54) is 6.07 Å². The molecule has 0 aliphatic carbocycles. The third kappa shape index (κ3) is 3.74. The van der Waals surface area contributed by atoms with Gasteiger partial charge in [-0.3, -0.25) is 14.9 Å². The summed E-state index contributed by atoms with van der Waals surface area (Å²) >= 11 is 1.10. The molecule has 1 atom stereocenters. The number of hydrogen-bond donors (Lipinski definition) is 3. The lowest BCUT2D eigenvalue weighted by Gasteiger charge is -2.18. The van der Waals surface area contributed by atoms with Gasteiger partial charge in [-0.25, -0.2) is 5.43 Å². The van der Waals surface area contributed by atoms with Gasteiger partial charge >= 0.3 is 0 Å². The van der Waals surface area contributed by atoms with Crippen LogP contribution in [0.3, 0.4) is 0 Å². The molecular weight excluding hydrogens is 306 g/mol. The summed E-state index contributed by atoms with van der Waals surface area (Å²) in [7, 11) is 0. The monoisotopic (exact) mass is 323 g/mol. The molecule has 1 unspecified atom stereocenters. The highest BCUT2D eigenvalue weighted by atomic mass is 32.2. The summed E-state index contributed by atoms with van der Waals surface area (Å²) in [6, 6.07) is 4.88. The molecule has 0 saturated carbocycles. The van der Waals surface area contributed by atoms with Gasteiger partial charge in [-0.1, -0.05) is 17.8 Å².